The van der Waals surface area contributed by atoms with Crippen LogP contribution in [-0.4, -0.2) is 16.0 Å². The lowest BCUT2D eigenvalue weighted by atomic mass is 10.0. The van der Waals surface area contributed by atoms with Gasteiger partial charge in [-0.2, -0.15) is 5.26 Å². The second-order valence-corrected chi connectivity index (χ2v) is 9.79. The maximum absolute atomic E-state index is 13.6. The Morgan fingerprint density at radius 1 is 1.15 bits per heavy atom. The summed E-state index contributed by atoms with van der Waals surface area (Å²) < 4.78 is 5.59. The zero-order valence-corrected chi connectivity index (χ0v) is 18.9. The van der Waals surface area contributed by atoms with Gasteiger partial charge in [0.15, 0.2) is 0 Å². The van der Waals surface area contributed by atoms with Crippen molar-refractivity contribution >= 4 is 44.7 Å². The summed E-state index contributed by atoms with van der Waals surface area (Å²) in [5.41, 5.74) is 4.43. The van der Waals surface area contributed by atoms with Crippen molar-refractivity contribution in [1.82, 2.24) is 10.1 Å². The lowest BCUT2D eigenvalue weighted by Crippen LogP contribution is -2.13. The Morgan fingerprint density at radius 2 is 2.03 bits per heavy atom. The number of carbonyl (C=O) groups is 1. The van der Waals surface area contributed by atoms with Crippen molar-refractivity contribution < 1.29 is 9.32 Å². The molecule has 0 spiro atoms. The lowest BCUT2D eigenvalue weighted by Gasteiger charge is -2.08. The third kappa shape index (κ3) is 3.33. The largest absolute Gasteiger partial charge is 0.335 e. The zero-order chi connectivity index (χ0) is 22.4. The second kappa shape index (κ2) is 7.96. The zero-order valence-electron chi connectivity index (χ0n) is 17.3. The van der Waals surface area contributed by atoms with Crippen molar-refractivity contribution in [3.05, 3.63) is 75.5 Å². The van der Waals surface area contributed by atoms with Crippen molar-refractivity contribution in [1.29, 1.82) is 5.26 Å². The Bertz CT molecular complexity index is 1540. The number of pyridine rings is 1. The maximum Gasteiger partial charge on any atom is 0.259 e. The number of nitrogens with one attached hydrogen (secondary N) is 1. The minimum absolute atomic E-state index is 0.305. The fourth-order valence-corrected chi connectivity index (χ4v) is 6.18. The van der Waals surface area contributed by atoms with Gasteiger partial charge in [-0.15, -0.1) is 22.7 Å². The molecular formula is C25H16N4O2S2. The predicted octanol–water partition coefficient (Wildman–Crippen LogP) is 6.29. The number of thiophene rings is 2. The average molecular weight is 469 g/mol. The van der Waals surface area contributed by atoms with Crippen molar-refractivity contribution in [2.75, 3.05) is 5.32 Å². The number of anilines is 1. The number of nitriles is 1. The van der Waals surface area contributed by atoms with E-state index in [1.807, 2.05) is 47.8 Å². The predicted molar refractivity (Wildman–Crippen MR) is 130 cm³/mol. The van der Waals surface area contributed by atoms with Gasteiger partial charge in [0.1, 0.15) is 16.8 Å². The van der Waals surface area contributed by atoms with E-state index >= 15 is 0 Å². The van der Waals surface area contributed by atoms with Gasteiger partial charge in [-0.25, -0.2) is 4.98 Å². The van der Waals surface area contributed by atoms with E-state index in [4.69, 9.17) is 4.52 Å². The van der Waals surface area contributed by atoms with Crippen LogP contribution in [0.4, 0.5) is 5.00 Å². The number of rotatable bonds is 4. The molecule has 0 saturated heterocycles. The number of carbonyl (C=O) groups excluding carboxylic acids is 1. The van der Waals surface area contributed by atoms with Crippen LogP contribution in [0.5, 0.6) is 0 Å². The fraction of sp³-hybridized carbons (Fsp3) is 0.120. The van der Waals surface area contributed by atoms with Gasteiger partial charge in [-0.1, -0.05) is 41.6 Å². The summed E-state index contributed by atoms with van der Waals surface area (Å²) in [6.07, 6.45) is 2.90. The summed E-state index contributed by atoms with van der Waals surface area (Å²) in [4.78, 5) is 20.4. The number of amides is 1. The van der Waals surface area contributed by atoms with Crippen molar-refractivity contribution in [2.45, 2.75) is 19.3 Å². The first-order chi connectivity index (χ1) is 16.2. The van der Waals surface area contributed by atoms with Gasteiger partial charge in [0.2, 0.25) is 0 Å². The number of benzene rings is 1. The van der Waals surface area contributed by atoms with Crippen molar-refractivity contribution in [3.8, 4) is 27.9 Å². The van der Waals surface area contributed by atoms with Crippen molar-refractivity contribution in [3.63, 3.8) is 0 Å². The van der Waals surface area contributed by atoms with Gasteiger partial charge in [0.25, 0.3) is 11.6 Å². The van der Waals surface area contributed by atoms with Crippen LogP contribution in [0.25, 0.3) is 32.9 Å². The summed E-state index contributed by atoms with van der Waals surface area (Å²) in [7, 11) is 0. The smallest absolute Gasteiger partial charge is 0.259 e. The molecule has 33 heavy (non-hydrogen) atoms. The molecule has 1 aliphatic carbocycles. The molecule has 0 unspecified atom stereocenters. The van der Waals surface area contributed by atoms with Crippen LogP contribution in [-0.2, 0) is 12.8 Å². The van der Waals surface area contributed by atoms with E-state index in [0.717, 1.165) is 35.3 Å². The molecule has 4 aromatic heterocycles. The van der Waals surface area contributed by atoms with E-state index in [-0.39, 0.29) is 5.91 Å². The van der Waals surface area contributed by atoms with Crippen LogP contribution >= 0.6 is 22.7 Å². The van der Waals surface area contributed by atoms with Crippen LogP contribution in [0, 0.1) is 11.3 Å². The SMILES string of the molecule is N#Cc1c(NC(=O)c2cc(-c3cccs3)nc3onc(-c4ccccc4)c23)sc2c1CCC2. The summed E-state index contributed by atoms with van der Waals surface area (Å²) in [5.74, 6) is -0.308. The van der Waals surface area contributed by atoms with Crippen LogP contribution < -0.4 is 5.32 Å². The minimum atomic E-state index is -0.308. The highest BCUT2D eigenvalue weighted by molar-refractivity contribution is 7.16. The van der Waals surface area contributed by atoms with Crippen molar-refractivity contribution in [2.24, 2.45) is 0 Å². The van der Waals surface area contributed by atoms with Crippen LogP contribution in [0.3, 0.4) is 0 Å². The Labute approximate surface area is 197 Å². The first-order valence-electron chi connectivity index (χ1n) is 10.5. The van der Waals surface area contributed by atoms with E-state index in [1.54, 1.807) is 6.07 Å². The molecule has 1 aliphatic rings. The third-order valence-corrected chi connectivity index (χ3v) is 7.87. The van der Waals surface area contributed by atoms with Gasteiger partial charge in [0.05, 0.1) is 27.1 Å². The highest BCUT2D eigenvalue weighted by atomic mass is 32.1. The Morgan fingerprint density at radius 3 is 2.82 bits per heavy atom. The normalized spacial score (nSPS) is 12.6. The Balaban J connectivity index is 1.51. The maximum atomic E-state index is 13.6. The highest BCUT2D eigenvalue weighted by Gasteiger charge is 2.26. The third-order valence-electron chi connectivity index (χ3n) is 5.77. The molecule has 0 fully saturated rings. The summed E-state index contributed by atoms with van der Waals surface area (Å²) >= 11 is 3.04. The fourth-order valence-electron chi connectivity index (χ4n) is 4.25. The molecule has 8 heteroatoms. The van der Waals surface area contributed by atoms with E-state index in [0.29, 0.717) is 38.6 Å². The highest BCUT2D eigenvalue weighted by Crippen LogP contribution is 2.40. The van der Waals surface area contributed by atoms with E-state index in [1.165, 1.54) is 27.6 Å². The topological polar surface area (TPSA) is 91.8 Å². The van der Waals surface area contributed by atoms with Gasteiger partial charge >= 0.3 is 0 Å². The first kappa shape index (κ1) is 19.9. The molecule has 0 saturated carbocycles. The molecular weight excluding hydrogens is 452 g/mol. The Hall–Kier alpha value is -3.80. The number of fused-ring (bicyclic) bond motifs is 2. The summed E-state index contributed by atoms with van der Waals surface area (Å²) in [5, 5.41) is 20.1. The monoisotopic (exact) mass is 468 g/mol. The van der Waals surface area contributed by atoms with Gasteiger partial charge < -0.3 is 9.84 Å². The molecule has 0 radical (unpaired) electrons. The molecule has 0 aliphatic heterocycles. The minimum Gasteiger partial charge on any atom is -0.335 e. The Kier molecular flexibility index (Phi) is 4.79. The molecule has 1 amide bonds. The number of aromatic nitrogens is 2. The summed E-state index contributed by atoms with van der Waals surface area (Å²) in [6, 6.07) is 17.5. The number of nitrogens with zero attached hydrogens (tertiary/aromatic N) is 3. The first-order valence-corrected chi connectivity index (χ1v) is 12.2. The summed E-state index contributed by atoms with van der Waals surface area (Å²) in [6.45, 7) is 0. The molecule has 6 nitrogen and oxygen atoms in total. The van der Waals surface area contributed by atoms with Crippen LogP contribution in [0.1, 0.15) is 32.8 Å². The number of aryl methyl sites for hydroxylation is 1. The molecule has 4 heterocycles. The van der Waals surface area contributed by atoms with Gasteiger partial charge in [-0.3, -0.25) is 4.79 Å². The van der Waals surface area contributed by atoms with Gasteiger partial charge in [0, 0.05) is 10.4 Å². The molecule has 5 aromatic rings. The molecule has 1 N–H and O–H groups in total. The number of hydrogen-bond acceptors (Lipinski definition) is 7. The van der Waals surface area contributed by atoms with E-state index < -0.39 is 0 Å². The standard InChI is InChI=1S/C25H16N4O2S2/c26-13-17-15-8-4-9-19(15)33-25(17)28-23(30)16-12-18(20-10-5-11-32-20)27-24-21(16)22(29-31-24)14-6-2-1-3-7-14/h1-3,5-7,10-12H,4,8-9H2,(H,28,30). The van der Waals surface area contributed by atoms with E-state index in [9.17, 15) is 10.1 Å². The molecule has 0 atom stereocenters. The molecule has 0 bridgehead atoms. The molecule has 1 aromatic carbocycles. The lowest BCUT2D eigenvalue weighted by molar-refractivity contribution is 0.102. The second-order valence-electron chi connectivity index (χ2n) is 7.74. The molecule has 160 valence electrons. The van der Waals surface area contributed by atoms with Crippen LogP contribution in [0.15, 0.2) is 58.4 Å². The van der Waals surface area contributed by atoms with E-state index in [2.05, 4.69) is 21.5 Å². The van der Waals surface area contributed by atoms with Gasteiger partial charge in [-0.05, 0) is 42.3 Å². The van der Waals surface area contributed by atoms with Crippen LogP contribution in [0.2, 0.25) is 0 Å². The quantitative estimate of drug-likeness (QED) is 0.334. The number of hydrogen-bond donors (Lipinski definition) is 1. The average Bonchev–Trinajstić information content (AvgIpc) is 3.63. The molecule has 6 rings (SSSR count).